The number of nitrogens with zero attached hydrogens (tertiary/aromatic N) is 1. The second-order valence-electron chi connectivity index (χ2n) is 5.89. The van der Waals surface area contributed by atoms with E-state index in [1.54, 1.807) is 14.2 Å². The lowest BCUT2D eigenvalue weighted by Crippen LogP contribution is -2.41. The van der Waals surface area contributed by atoms with E-state index in [-0.39, 0.29) is 11.9 Å². The minimum atomic E-state index is -0.00602. The summed E-state index contributed by atoms with van der Waals surface area (Å²) in [6.45, 7) is 9.17. The standard InChI is InChI=1S/C18H30N2O3/c1-14-6-7-17(12-15(14)2)16(3)19-18(21)13-20(8-10-22-4)9-11-23-5/h6-7,12,16H,8-11,13H2,1-5H3,(H,19,21). The third kappa shape index (κ3) is 7.12. The third-order valence-corrected chi connectivity index (χ3v) is 4.00. The van der Waals surface area contributed by atoms with E-state index in [2.05, 4.69) is 37.4 Å². The Labute approximate surface area is 140 Å². The Kier molecular flexibility index (Phi) is 8.84. The summed E-state index contributed by atoms with van der Waals surface area (Å²) < 4.78 is 10.2. The molecule has 0 fully saturated rings. The second kappa shape index (κ2) is 10.4. The van der Waals surface area contributed by atoms with Gasteiger partial charge in [0.2, 0.25) is 5.91 Å². The smallest absolute Gasteiger partial charge is 0.234 e. The van der Waals surface area contributed by atoms with Crippen LogP contribution in [0.3, 0.4) is 0 Å². The maximum atomic E-state index is 12.3. The van der Waals surface area contributed by atoms with Crippen molar-refractivity contribution in [3.63, 3.8) is 0 Å². The number of ether oxygens (including phenoxy) is 2. The van der Waals surface area contributed by atoms with Crippen LogP contribution in [0, 0.1) is 13.8 Å². The van der Waals surface area contributed by atoms with Gasteiger partial charge in [-0.15, -0.1) is 0 Å². The molecule has 0 aliphatic carbocycles. The first-order valence-electron chi connectivity index (χ1n) is 8.04. The van der Waals surface area contributed by atoms with Gasteiger partial charge in [-0.2, -0.15) is 0 Å². The van der Waals surface area contributed by atoms with Crippen LogP contribution in [0.15, 0.2) is 18.2 Å². The van der Waals surface area contributed by atoms with E-state index in [1.165, 1.54) is 11.1 Å². The Hall–Kier alpha value is -1.43. The van der Waals surface area contributed by atoms with Crippen LogP contribution >= 0.6 is 0 Å². The number of methoxy groups -OCH3 is 2. The molecule has 1 aromatic carbocycles. The number of carbonyl (C=O) groups is 1. The predicted molar refractivity (Wildman–Crippen MR) is 92.7 cm³/mol. The number of hydrogen-bond donors (Lipinski definition) is 1. The molecule has 0 heterocycles. The molecule has 1 atom stereocenters. The van der Waals surface area contributed by atoms with Crippen LogP contribution in [-0.4, -0.2) is 57.9 Å². The van der Waals surface area contributed by atoms with E-state index in [9.17, 15) is 4.79 Å². The summed E-state index contributed by atoms with van der Waals surface area (Å²) in [5.74, 6) is 0.0166. The van der Waals surface area contributed by atoms with Gasteiger partial charge in [0.05, 0.1) is 25.8 Å². The zero-order chi connectivity index (χ0) is 17.2. The fraction of sp³-hybridized carbons (Fsp3) is 0.611. The fourth-order valence-electron chi connectivity index (χ4n) is 2.32. The first-order chi connectivity index (χ1) is 11.0. The van der Waals surface area contributed by atoms with Crippen LogP contribution in [0.5, 0.6) is 0 Å². The molecule has 5 nitrogen and oxygen atoms in total. The molecular formula is C18H30N2O3. The Morgan fingerprint density at radius 2 is 1.74 bits per heavy atom. The highest BCUT2D eigenvalue weighted by Gasteiger charge is 2.14. The lowest BCUT2D eigenvalue weighted by molar-refractivity contribution is -0.123. The Morgan fingerprint density at radius 1 is 1.13 bits per heavy atom. The van der Waals surface area contributed by atoms with Crippen molar-refractivity contribution in [1.82, 2.24) is 10.2 Å². The molecule has 1 aromatic rings. The van der Waals surface area contributed by atoms with Gasteiger partial charge >= 0.3 is 0 Å². The summed E-state index contributed by atoms with van der Waals surface area (Å²) >= 11 is 0. The average Bonchev–Trinajstić information content (AvgIpc) is 2.52. The monoisotopic (exact) mass is 322 g/mol. The maximum absolute atomic E-state index is 12.3. The molecule has 1 rings (SSSR count). The Morgan fingerprint density at radius 3 is 2.26 bits per heavy atom. The van der Waals surface area contributed by atoms with Crippen molar-refractivity contribution in [2.24, 2.45) is 0 Å². The van der Waals surface area contributed by atoms with Crippen molar-refractivity contribution in [1.29, 1.82) is 0 Å². The van der Waals surface area contributed by atoms with Crippen molar-refractivity contribution < 1.29 is 14.3 Å². The fourth-order valence-corrected chi connectivity index (χ4v) is 2.32. The molecule has 5 heteroatoms. The van der Waals surface area contributed by atoms with E-state index in [4.69, 9.17) is 9.47 Å². The average molecular weight is 322 g/mol. The van der Waals surface area contributed by atoms with E-state index >= 15 is 0 Å². The quantitative estimate of drug-likeness (QED) is 0.716. The van der Waals surface area contributed by atoms with Crippen LogP contribution in [0.25, 0.3) is 0 Å². The van der Waals surface area contributed by atoms with E-state index in [0.717, 1.165) is 5.56 Å². The highest BCUT2D eigenvalue weighted by Crippen LogP contribution is 2.16. The van der Waals surface area contributed by atoms with Gasteiger partial charge in [0.1, 0.15) is 0 Å². The zero-order valence-corrected chi connectivity index (χ0v) is 15.0. The molecule has 0 spiro atoms. The van der Waals surface area contributed by atoms with Crippen molar-refractivity contribution in [3.05, 3.63) is 34.9 Å². The molecule has 0 aromatic heterocycles. The van der Waals surface area contributed by atoms with Crippen LogP contribution in [0.2, 0.25) is 0 Å². The van der Waals surface area contributed by atoms with Gasteiger partial charge in [0, 0.05) is 27.3 Å². The number of aryl methyl sites for hydroxylation is 2. The number of nitrogens with one attached hydrogen (secondary N) is 1. The molecule has 1 unspecified atom stereocenters. The van der Waals surface area contributed by atoms with Gasteiger partial charge in [-0.05, 0) is 37.5 Å². The molecule has 1 N–H and O–H groups in total. The summed E-state index contributed by atoms with van der Waals surface area (Å²) in [5.41, 5.74) is 3.63. The molecule has 0 saturated carbocycles. The molecule has 0 aliphatic rings. The Balaban J connectivity index is 2.56. The lowest BCUT2D eigenvalue weighted by Gasteiger charge is -2.22. The second-order valence-corrected chi connectivity index (χ2v) is 5.89. The van der Waals surface area contributed by atoms with Crippen molar-refractivity contribution in [2.45, 2.75) is 26.8 Å². The summed E-state index contributed by atoms with van der Waals surface area (Å²) in [6, 6.07) is 6.29. The number of amides is 1. The number of carbonyl (C=O) groups excluding carboxylic acids is 1. The third-order valence-electron chi connectivity index (χ3n) is 4.00. The number of rotatable bonds is 10. The molecule has 0 saturated heterocycles. The molecule has 0 radical (unpaired) electrons. The van der Waals surface area contributed by atoms with Gasteiger partial charge in [-0.1, -0.05) is 18.2 Å². The molecule has 0 aliphatic heterocycles. The highest BCUT2D eigenvalue weighted by atomic mass is 16.5. The molecular weight excluding hydrogens is 292 g/mol. The zero-order valence-electron chi connectivity index (χ0n) is 15.0. The normalized spacial score (nSPS) is 12.4. The molecule has 0 bridgehead atoms. The molecule has 23 heavy (non-hydrogen) atoms. The number of hydrogen-bond acceptors (Lipinski definition) is 4. The van der Waals surface area contributed by atoms with Crippen LogP contribution in [-0.2, 0) is 14.3 Å². The van der Waals surface area contributed by atoms with Gasteiger partial charge < -0.3 is 14.8 Å². The highest BCUT2D eigenvalue weighted by molar-refractivity contribution is 5.78. The summed E-state index contributed by atoms with van der Waals surface area (Å²) in [6.07, 6.45) is 0. The van der Waals surface area contributed by atoms with E-state index < -0.39 is 0 Å². The van der Waals surface area contributed by atoms with Crippen LogP contribution in [0.1, 0.15) is 29.7 Å². The first-order valence-corrected chi connectivity index (χ1v) is 8.04. The summed E-state index contributed by atoms with van der Waals surface area (Å²) in [5, 5.41) is 3.06. The van der Waals surface area contributed by atoms with Crippen LogP contribution < -0.4 is 5.32 Å². The van der Waals surface area contributed by atoms with Gasteiger partial charge in [-0.3, -0.25) is 9.69 Å². The minimum absolute atomic E-state index is 0.00602. The summed E-state index contributed by atoms with van der Waals surface area (Å²) in [4.78, 5) is 14.3. The van der Waals surface area contributed by atoms with Gasteiger partial charge in [0.15, 0.2) is 0 Å². The minimum Gasteiger partial charge on any atom is -0.383 e. The van der Waals surface area contributed by atoms with Crippen molar-refractivity contribution in [2.75, 3.05) is 47.1 Å². The largest absolute Gasteiger partial charge is 0.383 e. The van der Waals surface area contributed by atoms with Crippen molar-refractivity contribution >= 4 is 5.91 Å². The van der Waals surface area contributed by atoms with Gasteiger partial charge in [-0.25, -0.2) is 0 Å². The summed E-state index contributed by atoms with van der Waals surface area (Å²) in [7, 11) is 3.33. The van der Waals surface area contributed by atoms with Crippen LogP contribution in [0.4, 0.5) is 0 Å². The number of benzene rings is 1. The molecule has 130 valence electrons. The van der Waals surface area contributed by atoms with Crippen molar-refractivity contribution in [3.8, 4) is 0 Å². The van der Waals surface area contributed by atoms with E-state index in [0.29, 0.717) is 32.8 Å². The lowest BCUT2D eigenvalue weighted by atomic mass is 10.0. The van der Waals surface area contributed by atoms with E-state index in [1.807, 2.05) is 11.8 Å². The SMILES string of the molecule is COCCN(CCOC)CC(=O)NC(C)c1ccc(C)c(C)c1. The first kappa shape index (κ1) is 19.6. The Bertz CT molecular complexity index is 483. The maximum Gasteiger partial charge on any atom is 0.234 e. The predicted octanol–water partition coefficient (Wildman–Crippen LogP) is 2.08. The topological polar surface area (TPSA) is 50.8 Å². The van der Waals surface area contributed by atoms with Gasteiger partial charge in [0.25, 0.3) is 0 Å². The molecule has 1 amide bonds.